The van der Waals surface area contributed by atoms with Crippen LogP contribution in [0.15, 0.2) is 30.5 Å². The second-order valence-corrected chi connectivity index (χ2v) is 13.8. The lowest BCUT2D eigenvalue weighted by Gasteiger charge is -2.31. The minimum atomic E-state index is -1.36. The minimum Gasteiger partial charge on any atom is -0.460 e. The zero-order valence-electron chi connectivity index (χ0n) is 29.3. The van der Waals surface area contributed by atoms with E-state index < -0.39 is 77.7 Å². The lowest BCUT2D eigenvalue weighted by atomic mass is 10.0. The smallest absolute Gasteiger partial charge is 0.308 e. The Hall–Kier alpha value is -4.50. The quantitative estimate of drug-likeness (QED) is 0.0604. The number of amides is 5. The number of carbonyl (C=O) groups excluding carboxylic acids is 6. The molecule has 15 heteroatoms. The van der Waals surface area contributed by atoms with Gasteiger partial charge in [-0.3, -0.25) is 34.2 Å². The number of aromatic amines is 1. The third-order valence-electron chi connectivity index (χ3n) is 8.29. The Bertz CT molecular complexity index is 1500. The molecular weight excluding hydrogens is 632 g/mol. The number of hydrogen-bond acceptors (Lipinski definition) is 9. The molecule has 0 saturated carbocycles. The largest absolute Gasteiger partial charge is 0.460 e. The van der Waals surface area contributed by atoms with E-state index in [4.69, 9.17) is 16.3 Å². The highest BCUT2D eigenvalue weighted by atomic mass is 16.6. The summed E-state index contributed by atoms with van der Waals surface area (Å²) in [6, 6.07) is 2.29. The van der Waals surface area contributed by atoms with Crippen LogP contribution in [-0.4, -0.2) is 87.7 Å². The van der Waals surface area contributed by atoms with Gasteiger partial charge in [-0.2, -0.15) is 0 Å². The number of para-hydroxylation sites is 1. The van der Waals surface area contributed by atoms with E-state index in [0.717, 1.165) is 16.5 Å². The zero-order valence-corrected chi connectivity index (χ0v) is 29.3. The van der Waals surface area contributed by atoms with Gasteiger partial charge in [0.2, 0.25) is 23.6 Å². The number of esters is 1. The molecule has 1 aromatic carbocycles. The molecule has 1 aliphatic heterocycles. The van der Waals surface area contributed by atoms with Crippen LogP contribution in [0.5, 0.6) is 0 Å². The predicted octanol–water partition coefficient (Wildman–Crippen LogP) is 0.661. The number of fused-ring (bicyclic) bond motifs is 1. The van der Waals surface area contributed by atoms with Crippen molar-refractivity contribution in [2.24, 2.45) is 17.5 Å². The maximum atomic E-state index is 14.0. The molecule has 0 unspecified atom stereocenters. The number of aromatic nitrogens is 1. The van der Waals surface area contributed by atoms with Crippen LogP contribution in [0.2, 0.25) is 0 Å². The number of hydrazine groups is 1. The molecule has 2 aromatic rings. The molecule has 1 aliphatic rings. The summed E-state index contributed by atoms with van der Waals surface area (Å²) in [5.74, 6) is 1.21. The molecule has 9 N–H and O–H groups in total. The fourth-order valence-corrected chi connectivity index (χ4v) is 5.87. The number of H-pyrrole nitrogens is 1. The lowest BCUT2D eigenvalue weighted by Crippen LogP contribution is -2.60. The van der Waals surface area contributed by atoms with Crippen molar-refractivity contribution in [3.8, 4) is 0 Å². The fraction of sp³-hybridized carbons (Fsp3) is 0.588. The van der Waals surface area contributed by atoms with Crippen molar-refractivity contribution in [1.29, 1.82) is 0 Å². The number of benzene rings is 1. The highest BCUT2D eigenvalue weighted by Crippen LogP contribution is 2.22. The van der Waals surface area contributed by atoms with Crippen LogP contribution in [0.1, 0.15) is 79.2 Å². The standard InChI is InChI=1S/C34H52N8O7/c1-7-11-24(30(45)41-36)38-32(47)28(19(2)3)40-31(46)26-14-10-15-42(26)33(48)25(17-27(43)49-34(4,5)6)39-29(44)22(35)16-20-18-37-23-13-9-8-12-21(20)23/h8-9,12-13,18-19,22,24-26,28,37H,7,10-11,14-17,35-36H2,1-6H3,(H,38,47)(H,39,44)(H,40,46)(H,41,45)/t22-,24+,25-,26+,28-/m1/s1. The average molecular weight is 685 g/mol. The molecule has 0 spiro atoms. The zero-order chi connectivity index (χ0) is 36.5. The van der Waals surface area contributed by atoms with Crippen molar-refractivity contribution >= 4 is 46.4 Å². The molecule has 5 atom stereocenters. The summed E-state index contributed by atoms with van der Waals surface area (Å²) in [4.78, 5) is 83.9. The first-order valence-corrected chi connectivity index (χ1v) is 16.8. The molecule has 2 heterocycles. The number of nitrogens with one attached hydrogen (secondary N) is 5. The van der Waals surface area contributed by atoms with E-state index >= 15 is 0 Å². The highest BCUT2D eigenvalue weighted by Gasteiger charge is 2.41. The van der Waals surface area contributed by atoms with Crippen LogP contribution in [0.25, 0.3) is 10.9 Å². The van der Waals surface area contributed by atoms with E-state index in [2.05, 4.69) is 20.9 Å². The molecule has 5 amide bonds. The summed E-state index contributed by atoms with van der Waals surface area (Å²) < 4.78 is 5.45. The molecule has 1 aromatic heterocycles. The average Bonchev–Trinajstić information content (AvgIpc) is 3.69. The third-order valence-corrected chi connectivity index (χ3v) is 8.29. The highest BCUT2D eigenvalue weighted by molar-refractivity contribution is 5.97. The lowest BCUT2D eigenvalue weighted by molar-refractivity contribution is -0.157. The van der Waals surface area contributed by atoms with Crippen molar-refractivity contribution in [2.45, 2.75) is 116 Å². The monoisotopic (exact) mass is 684 g/mol. The Morgan fingerprint density at radius 1 is 1.00 bits per heavy atom. The van der Waals surface area contributed by atoms with Gasteiger partial charge in [-0.15, -0.1) is 0 Å². The van der Waals surface area contributed by atoms with Gasteiger partial charge < -0.3 is 36.3 Å². The molecule has 0 aliphatic carbocycles. The Balaban J connectivity index is 1.78. The number of ether oxygens (including phenoxy) is 1. The second-order valence-electron chi connectivity index (χ2n) is 13.8. The van der Waals surface area contributed by atoms with Crippen LogP contribution in [0.3, 0.4) is 0 Å². The third kappa shape index (κ3) is 10.7. The van der Waals surface area contributed by atoms with Crippen LogP contribution in [-0.2, 0) is 39.9 Å². The van der Waals surface area contributed by atoms with Gasteiger partial charge in [-0.1, -0.05) is 45.4 Å². The fourth-order valence-electron chi connectivity index (χ4n) is 5.87. The maximum Gasteiger partial charge on any atom is 0.308 e. The Morgan fingerprint density at radius 2 is 1.67 bits per heavy atom. The van der Waals surface area contributed by atoms with Gasteiger partial charge in [0.15, 0.2) is 0 Å². The summed E-state index contributed by atoms with van der Waals surface area (Å²) in [5.41, 5.74) is 9.21. The molecule has 0 bridgehead atoms. The second kappa shape index (κ2) is 17.2. The summed E-state index contributed by atoms with van der Waals surface area (Å²) in [6.07, 6.45) is 3.18. The molecular formula is C34H52N8O7. The van der Waals surface area contributed by atoms with Gasteiger partial charge in [-0.05, 0) is 64.0 Å². The summed E-state index contributed by atoms with van der Waals surface area (Å²) >= 11 is 0. The predicted molar refractivity (Wildman–Crippen MR) is 183 cm³/mol. The van der Waals surface area contributed by atoms with E-state index in [0.29, 0.717) is 25.7 Å². The molecule has 49 heavy (non-hydrogen) atoms. The molecule has 15 nitrogen and oxygen atoms in total. The van der Waals surface area contributed by atoms with E-state index in [1.54, 1.807) is 40.8 Å². The number of nitrogens with zero attached hydrogens (tertiary/aromatic N) is 1. The van der Waals surface area contributed by atoms with Crippen molar-refractivity contribution in [3.05, 3.63) is 36.0 Å². The molecule has 0 radical (unpaired) electrons. The topological polar surface area (TPSA) is 231 Å². The number of nitrogens with two attached hydrogens (primary N) is 2. The van der Waals surface area contributed by atoms with Crippen LogP contribution >= 0.6 is 0 Å². The maximum absolute atomic E-state index is 14.0. The van der Waals surface area contributed by atoms with Gasteiger partial charge in [0, 0.05) is 23.6 Å². The van der Waals surface area contributed by atoms with Gasteiger partial charge in [0.25, 0.3) is 5.91 Å². The number of carbonyl (C=O) groups is 6. The van der Waals surface area contributed by atoms with Crippen LogP contribution in [0, 0.1) is 5.92 Å². The summed E-state index contributed by atoms with van der Waals surface area (Å²) in [5, 5.41) is 8.96. The molecule has 1 fully saturated rings. The summed E-state index contributed by atoms with van der Waals surface area (Å²) in [7, 11) is 0. The number of likely N-dealkylation sites (tertiary alicyclic amines) is 1. The SMILES string of the molecule is CCC[C@H](NC(=O)[C@H](NC(=O)[C@@H]1CCCN1C(=O)[C@@H](CC(=O)OC(C)(C)C)NC(=O)[C@H](N)Cc1c[nH]c2ccccc12)C(C)C)C(=O)NN. The van der Waals surface area contributed by atoms with Crippen LogP contribution in [0.4, 0.5) is 0 Å². The Kier molecular flexibility index (Phi) is 13.7. The van der Waals surface area contributed by atoms with Crippen LogP contribution < -0.4 is 33.0 Å². The van der Waals surface area contributed by atoms with E-state index in [1.165, 1.54) is 4.90 Å². The molecule has 1 saturated heterocycles. The van der Waals surface area contributed by atoms with E-state index in [-0.39, 0.29) is 18.9 Å². The first kappa shape index (κ1) is 38.9. The van der Waals surface area contributed by atoms with Gasteiger partial charge >= 0.3 is 5.97 Å². The number of rotatable bonds is 15. The number of hydrogen-bond donors (Lipinski definition) is 7. The Labute approximate surface area is 286 Å². The van der Waals surface area contributed by atoms with Gasteiger partial charge in [0.05, 0.1) is 12.5 Å². The van der Waals surface area contributed by atoms with E-state index in [9.17, 15) is 28.8 Å². The normalized spacial score (nSPS) is 17.2. The first-order valence-electron chi connectivity index (χ1n) is 16.8. The van der Waals surface area contributed by atoms with Crippen molar-refractivity contribution < 1.29 is 33.5 Å². The Morgan fingerprint density at radius 3 is 2.31 bits per heavy atom. The summed E-state index contributed by atoms with van der Waals surface area (Å²) in [6.45, 7) is 10.6. The minimum absolute atomic E-state index is 0.169. The van der Waals surface area contributed by atoms with Crippen molar-refractivity contribution in [2.75, 3.05) is 6.54 Å². The molecule has 3 rings (SSSR count). The van der Waals surface area contributed by atoms with E-state index in [1.807, 2.05) is 36.6 Å². The first-order chi connectivity index (χ1) is 23.1. The van der Waals surface area contributed by atoms with Crippen molar-refractivity contribution in [1.82, 2.24) is 31.3 Å². The molecule has 270 valence electrons. The van der Waals surface area contributed by atoms with Crippen molar-refractivity contribution in [3.63, 3.8) is 0 Å². The van der Waals surface area contributed by atoms with Gasteiger partial charge in [-0.25, -0.2) is 5.84 Å². The van der Waals surface area contributed by atoms with Gasteiger partial charge in [0.1, 0.15) is 29.8 Å².